The number of nitrogens with zero attached hydrogens (tertiary/aromatic N) is 2. The Kier molecular flexibility index (Phi) is 8.12. The molecule has 0 aliphatic rings. The summed E-state index contributed by atoms with van der Waals surface area (Å²) in [7, 11) is 0.825. The summed E-state index contributed by atoms with van der Waals surface area (Å²) in [6.45, 7) is 0.682. The number of hydrogen-bond donors (Lipinski definition) is 3. The summed E-state index contributed by atoms with van der Waals surface area (Å²) in [5, 5.41) is 13.8. The average molecular weight is 429 g/mol. The zero-order valence-electron chi connectivity index (χ0n) is 17.1. The van der Waals surface area contributed by atoms with Crippen LogP contribution in [0.2, 0.25) is 0 Å². The van der Waals surface area contributed by atoms with Gasteiger partial charge in [0.25, 0.3) is 0 Å². The Morgan fingerprint density at radius 2 is 1.80 bits per heavy atom. The van der Waals surface area contributed by atoms with Crippen molar-refractivity contribution in [2.24, 2.45) is 7.05 Å². The first kappa shape index (κ1) is 22.1. The lowest BCUT2D eigenvalue weighted by Crippen LogP contribution is -2.20. The van der Waals surface area contributed by atoms with Gasteiger partial charge in [0.2, 0.25) is 5.91 Å². The van der Waals surface area contributed by atoms with Crippen molar-refractivity contribution in [2.75, 3.05) is 6.54 Å². The zero-order chi connectivity index (χ0) is 21.3. The summed E-state index contributed by atoms with van der Waals surface area (Å²) >= 11 is 0. The monoisotopic (exact) mass is 428 g/mol. The van der Waals surface area contributed by atoms with E-state index in [-0.39, 0.29) is 5.91 Å². The first-order chi connectivity index (χ1) is 14.6. The number of amides is 1. The van der Waals surface area contributed by atoms with E-state index in [0.717, 1.165) is 53.3 Å². The van der Waals surface area contributed by atoms with E-state index in [1.165, 1.54) is 0 Å². The summed E-state index contributed by atoms with van der Waals surface area (Å²) in [4.78, 5) is 10.9. The molecule has 1 amide bonds. The van der Waals surface area contributed by atoms with Crippen LogP contribution in [0.4, 0.5) is 0 Å². The number of rotatable bonds is 11. The van der Waals surface area contributed by atoms with Crippen molar-refractivity contribution in [1.82, 2.24) is 20.0 Å². The Morgan fingerprint density at radius 1 is 1.07 bits per heavy atom. The van der Waals surface area contributed by atoms with Crippen LogP contribution in [0, 0.1) is 0 Å². The lowest BCUT2D eigenvalue weighted by molar-refractivity contribution is -0.129. The minimum atomic E-state index is -1.11. The molecule has 0 aliphatic heterocycles. The molecule has 2 aromatic carbocycles. The maximum absolute atomic E-state index is 12.2. The second-order valence-corrected chi connectivity index (χ2v) is 8.59. The van der Waals surface area contributed by atoms with Gasteiger partial charge in [0, 0.05) is 25.4 Å². The molecule has 3 N–H and O–H groups in total. The molecule has 7 nitrogen and oxygen atoms in total. The highest BCUT2D eigenvalue weighted by molar-refractivity contribution is 7.82. The lowest BCUT2D eigenvalue weighted by atomic mass is 10.0. The van der Waals surface area contributed by atoms with Crippen molar-refractivity contribution in [3.63, 3.8) is 0 Å². The molecule has 1 heterocycles. The maximum Gasteiger partial charge on any atom is 0.243 e. The highest BCUT2D eigenvalue weighted by Gasteiger charge is 2.05. The molecule has 0 bridgehead atoms. The minimum absolute atomic E-state index is 0.335. The number of aryl methyl sites for hydroxylation is 1. The normalized spacial score (nSPS) is 12.2. The molecule has 30 heavy (non-hydrogen) atoms. The molecule has 1 atom stereocenters. The number of carbonyl (C=O) groups excluding carboxylic acids is 1. The molecular formula is C22H28N4O3S. The van der Waals surface area contributed by atoms with Crippen LogP contribution in [0.25, 0.3) is 22.0 Å². The molecule has 160 valence electrons. The van der Waals surface area contributed by atoms with Crippen LogP contribution in [0.3, 0.4) is 0 Å². The van der Waals surface area contributed by atoms with E-state index in [1.807, 2.05) is 30.1 Å². The van der Waals surface area contributed by atoms with Crippen LogP contribution in [-0.4, -0.2) is 31.6 Å². The van der Waals surface area contributed by atoms with Gasteiger partial charge in [0.05, 0.1) is 28.5 Å². The molecule has 3 aromatic rings. The number of benzene rings is 2. The Hall–Kier alpha value is -2.55. The van der Waals surface area contributed by atoms with Gasteiger partial charge in [-0.05, 0) is 35.6 Å². The second-order valence-electron chi connectivity index (χ2n) is 7.32. The quantitative estimate of drug-likeness (QED) is 0.248. The SMILES string of the molecule is Cn1ncc2ccc(-c3ccc(CS(=O)NCCCCCCC(=O)NO)cc3)cc21. The van der Waals surface area contributed by atoms with Gasteiger partial charge < -0.3 is 0 Å². The Balaban J connectivity index is 1.42. The number of nitrogens with one attached hydrogen (secondary N) is 2. The minimum Gasteiger partial charge on any atom is -0.289 e. The van der Waals surface area contributed by atoms with E-state index in [0.29, 0.717) is 18.7 Å². The molecule has 0 radical (unpaired) electrons. The fraction of sp³-hybridized carbons (Fsp3) is 0.364. The van der Waals surface area contributed by atoms with E-state index in [2.05, 4.69) is 40.2 Å². The first-order valence-electron chi connectivity index (χ1n) is 10.1. The van der Waals surface area contributed by atoms with Gasteiger partial charge in [-0.15, -0.1) is 0 Å². The van der Waals surface area contributed by atoms with E-state index in [4.69, 9.17) is 5.21 Å². The molecule has 1 aromatic heterocycles. The standard InChI is InChI=1S/C22H28N4O3S/c1-26-21-14-19(11-12-20(21)15-23-26)18-9-7-17(8-10-18)16-30(29)24-13-5-3-2-4-6-22(27)25-28/h7-12,14-15,24,28H,2-6,13,16H2,1H3,(H,25,27). The molecule has 3 rings (SSSR count). The van der Waals surface area contributed by atoms with Crippen LogP contribution < -0.4 is 10.2 Å². The van der Waals surface area contributed by atoms with Crippen LogP contribution in [0.15, 0.2) is 48.7 Å². The van der Waals surface area contributed by atoms with Gasteiger partial charge in [0.1, 0.15) is 0 Å². The first-order valence-corrected chi connectivity index (χ1v) is 11.4. The fourth-order valence-corrected chi connectivity index (χ4v) is 4.29. The second kappa shape index (κ2) is 11.0. The molecule has 0 spiro atoms. The van der Waals surface area contributed by atoms with Crippen LogP contribution in [-0.2, 0) is 28.6 Å². The molecule has 1 unspecified atom stereocenters. The Morgan fingerprint density at radius 3 is 2.57 bits per heavy atom. The summed E-state index contributed by atoms with van der Waals surface area (Å²) in [5.41, 5.74) is 6.01. The molecule has 0 aliphatic carbocycles. The molecule has 0 fully saturated rings. The highest BCUT2D eigenvalue weighted by atomic mass is 32.2. The van der Waals surface area contributed by atoms with Crippen LogP contribution >= 0.6 is 0 Å². The van der Waals surface area contributed by atoms with Crippen LogP contribution in [0.5, 0.6) is 0 Å². The Bertz CT molecular complexity index is 1000. The number of carbonyl (C=O) groups is 1. The molecule has 0 saturated carbocycles. The molecular weight excluding hydrogens is 400 g/mol. The topological polar surface area (TPSA) is 96.2 Å². The van der Waals surface area contributed by atoms with Gasteiger partial charge in [-0.2, -0.15) is 5.10 Å². The summed E-state index contributed by atoms with van der Waals surface area (Å²) in [5.74, 6) is 0.121. The Labute approximate surface area is 179 Å². The van der Waals surface area contributed by atoms with Crippen molar-refractivity contribution in [3.8, 4) is 11.1 Å². The van der Waals surface area contributed by atoms with Gasteiger partial charge in [0.15, 0.2) is 0 Å². The van der Waals surface area contributed by atoms with E-state index >= 15 is 0 Å². The number of unbranched alkanes of at least 4 members (excludes halogenated alkanes) is 3. The van der Waals surface area contributed by atoms with Gasteiger partial charge in [-0.3, -0.25) is 14.7 Å². The lowest BCUT2D eigenvalue weighted by Gasteiger charge is -2.07. The maximum atomic E-state index is 12.2. The third-order valence-electron chi connectivity index (χ3n) is 5.05. The number of hydroxylamine groups is 1. The third kappa shape index (κ3) is 6.22. The van der Waals surface area contributed by atoms with E-state index in [9.17, 15) is 9.00 Å². The third-order valence-corrected chi connectivity index (χ3v) is 6.17. The van der Waals surface area contributed by atoms with E-state index in [1.54, 1.807) is 5.48 Å². The molecule has 8 heteroatoms. The van der Waals surface area contributed by atoms with Crippen molar-refractivity contribution < 1.29 is 14.2 Å². The largest absolute Gasteiger partial charge is 0.289 e. The highest BCUT2D eigenvalue weighted by Crippen LogP contribution is 2.24. The van der Waals surface area contributed by atoms with Gasteiger partial charge >= 0.3 is 0 Å². The number of hydrogen-bond acceptors (Lipinski definition) is 4. The predicted molar refractivity (Wildman–Crippen MR) is 119 cm³/mol. The summed E-state index contributed by atoms with van der Waals surface area (Å²) < 4.78 is 17.2. The fourth-order valence-electron chi connectivity index (χ4n) is 3.33. The zero-order valence-corrected chi connectivity index (χ0v) is 18.0. The smallest absolute Gasteiger partial charge is 0.243 e. The van der Waals surface area contributed by atoms with Gasteiger partial charge in [-0.1, -0.05) is 49.2 Å². The number of fused-ring (bicyclic) bond motifs is 1. The predicted octanol–water partition coefficient (Wildman–Crippen LogP) is 3.45. The summed E-state index contributed by atoms with van der Waals surface area (Å²) in [6, 6.07) is 14.5. The van der Waals surface area contributed by atoms with Crippen molar-refractivity contribution >= 4 is 27.8 Å². The molecule has 0 saturated heterocycles. The number of aromatic nitrogens is 2. The summed E-state index contributed by atoms with van der Waals surface area (Å²) in [6.07, 6.45) is 5.71. The van der Waals surface area contributed by atoms with Crippen molar-refractivity contribution in [3.05, 3.63) is 54.2 Å². The average Bonchev–Trinajstić information content (AvgIpc) is 3.13. The van der Waals surface area contributed by atoms with Crippen molar-refractivity contribution in [1.29, 1.82) is 0 Å². The van der Waals surface area contributed by atoms with Gasteiger partial charge in [-0.25, -0.2) is 14.4 Å². The van der Waals surface area contributed by atoms with E-state index < -0.39 is 11.0 Å². The van der Waals surface area contributed by atoms with Crippen molar-refractivity contribution in [2.45, 2.75) is 37.9 Å². The van der Waals surface area contributed by atoms with Crippen LogP contribution in [0.1, 0.15) is 37.7 Å².